The standard InChI is InChI=1S/C19H20O5/c1-23-18-10-13(5-6-17(18)21)9-16-14(11-24-19(16)22)7-12-3-2-4-15(20)8-12/h2-6,8,10,14,16,20-21H,7,9,11H2,1H3. The number of cyclic esters (lactones) is 1. The highest BCUT2D eigenvalue weighted by molar-refractivity contribution is 5.75. The maximum Gasteiger partial charge on any atom is 0.309 e. The Hall–Kier alpha value is -2.69. The summed E-state index contributed by atoms with van der Waals surface area (Å²) >= 11 is 0. The third-order valence-corrected chi connectivity index (χ3v) is 4.42. The number of aromatic hydroxyl groups is 2. The number of phenolic OH excluding ortho intramolecular Hbond substituents is 2. The van der Waals surface area contributed by atoms with Gasteiger partial charge in [-0.2, -0.15) is 0 Å². The maximum absolute atomic E-state index is 12.1. The zero-order valence-electron chi connectivity index (χ0n) is 13.4. The Labute approximate surface area is 140 Å². The summed E-state index contributed by atoms with van der Waals surface area (Å²) in [6, 6.07) is 12.2. The highest BCUT2D eigenvalue weighted by Gasteiger charge is 2.36. The molecule has 1 aliphatic rings. The highest BCUT2D eigenvalue weighted by Crippen LogP contribution is 2.32. The van der Waals surface area contributed by atoms with Gasteiger partial charge in [0.25, 0.3) is 0 Å². The zero-order chi connectivity index (χ0) is 17.1. The van der Waals surface area contributed by atoms with Crippen molar-refractivity contribution in [1.29, 1.82) is 0 Å². The zero-order valence-corrected chi connectivity index (χ0v) is 13.4. The molecule has 2 atom stereocenters. The summed E-state index contributed by atoms with van der Waals surface area (Å²) < 4.78 is 10.4. The van der Waals surface area contributed by atoms with Gasteiger partial charge in [0, 0.05) is 5.92 Å². The molecule has 5 nitrogen and oxygen atoms in total. The molecule has 2 unspecified atom stereocenters. The van der Waals surface area contributed by atoms with E-state index in [9.17, 15) is 15.0 Å². The van der Waals surface area contributed by atoms with Crippen molar-refractivity contribution in [3.63, 3.8) is 0 Å². The quantitative estimate of drug-likeness (QED) is 0.825. The molecule has 1 fully saturated rings. The van der Waals surface area contributed by atoms with Crippen LogP contribution < -0.4 is 4.74 Å². The van der Waals surface area contributed by atoms with Crippen LogP contribution in [0.5, 0.6) is 17.2 Å². The van der Waals surface area contributed by atoms with Crippen molar-refractivity contribution in [2.75, 3.05) is 13.7 Å². The fourth-order valence-electron chi connectivity index (χ4n) is 3.15. The molecule has 1 heterocycles. The molecule has 24 heavy (non-hydrogen) atoms. The van der Waals surface area contributed by atoms with Crippen LogP contribution in [0.15, 0.2) is 42.5 Å². The van der Waals surface area contributed by atoms with Gasteiger partial charge in [0.2, 0.25) is 0 Å². The Morgan fingerprint density at radius 1 is 1.12 bits per heavy atom. The number of hydrogen-bond acceptors (Lipinski definition) is 5. The summed E-state index contributed by atoms with van der Waals surface area (Å²) in [6.07, 6.45) is 1.19. The van der Waals surface area contributed by atoms with Crippen LogP contribution in [-0.4, -0.2) is 29.9 Å². The third-order valence-electron chi connectivity index (χ3n) is 4.42. The molecule has 5 heteroatoms. The fourth-order valence-corrected chi connectivity index (χ4v) is 3.15. The molecule has 2 N–H and O–H groups in total. The number of carbonyl (C=O) groups excluding carboxylic acids is 1. The van der Waals surface area contributed by atoms with Crippen LogP contribution >= 0.6 is 0 Å². The van der Waals surface area contributed by atoms with Crippen LogP contribution in [0.2, 0.25) is 0 Å². The summed E-state index contributed by atoms with van der Waals surface area (Å²) in [5.41, 5.74) is 1.89. The predicted octanol–water partition coefficient (Wildman–Crippen LogP) is 2.68. The Morgan fingerprint density at radius 2 is 1.92 bits per heavy atom. The van der Waals surface area contributed by atoms with Crippen molar-refractivity contribution < 1.29 is 24.5 Å². The molecule has 0 saturated carbocycles. The SMILES string of the molecule is COc1cc(CC2C(=O)OCC2Cc2cccc(O)c2)ccc1O. The van der Waals surface area contributed by atoms with E-state index in [2.05, 4.69) is 0 Å². The molecule has 0 amide bonds. The van der Waals surface area contributed by atoms with Crippen molar-refractivity contribution in [3.05, 3.63) is 53.6 Å². The van der Waals surface area contributed by atoms with E-state index in [0.717, 1.165) is 11.1 Å². The molecular weight excluding hydrogens is 308 g/mol. The first-order valence-corrected chi connectivity index (χ1v) is 7.87. The number of methoxy groups -OCH3 is 1. The molecule has 2 aromatic rings. The van der Waals surface area contributed by atoms with Gasteiger partial charge in [-0.05, 0) is 48.2 Å². The molecule has 1 saturated heterocycles. The van der Waals surface area contributed by atoms with Gasteiger partial charge in [-0.3, -0.25) is 4.79 Å². The van der Waals surface area contributed by atoms with E-state index in [1.807, 2.05) is 6.07 Å². The van der Waals surface area contributed by atoms with E-state index in [1.165, 1.54) is 7.11 Å². The Kier molecular flexibility index (Phi) is 4.60. The van der Waals surface area contributed by atoms with Crippen molar-refractivity contribution in [2.45, 2.75) is 12.8 Å². The lowest BCUT2D eigenvalue weighted by molar-refractivity contribution is -0.141. The molecule has 1 aliphatic heterocycles. The van der Waals surface area contributed by atoms with Crippen LogP contribution in [0.3, 0.4) is 0 Å². The Bertz CT molecular complexity index is 740. The largest absolute Gasteiger partial charge is 0.508 e. The number of esters is 1. The van der Waals surface area contributed by atoms with Crippen molar-refractivity contribution in [3.8, 4) is 17.2 Å². The van der Waals surface area contributed by atoms with E-state index < -0.39 is 0 Å². The van der Waals surface area contributed by atoms with Crippen LogP contribution in [0.25, 0.3) is 0 Å². The maximum atomic E-state index is 12.1. The second-order valence-corrected chi connectivity index (χ2v) is 6.08. The smallest absolute Gasteiger partial charge is 0.309 e. The minimum atomic E-state index is -0.249. The van der Waals surface area contributed by atoms with E-state index in [4.69, 9.17) is 9.47 Å². The molecule has 0 aliphatic carbocycles. The molecule has 3 rings (SSSR count). The summed E-state index contributed by atoms with van der Waals surface area (Å²) in [4.78, 5) is 12.1. The minimum absolute atomic E-state index is 0.0547. The molecule has 0 spiro atoms. The van der Waals surface area contributed by atoms with E-state index in [1.54, 1.807) is 36.4 Å². The summed E-state index contributed by atoms with van der Waals surface area (Å²) in [6.45, 7) is 0.383. The first-order chi connectivity index (χ1) is 11.6. The Balaban J connectivity index is 1.76. The third kappa shape index (κ3) is 3.45. The van der Waals surface area contributed by atoms with Gasteiger partial charge in [0.1, 0.15) is 5.75 Å². The fraction of sp³-hybridized carbons (Fsp3) is 0.316. The first kappa shape index (κ1) is 16.2. The van der Waals surface area contributed by atoms with Gasteiger partial charge in [-0.15, -0.1) is 0 Å². The molecule has 0 radical (unpaired) electrons. The first-order valence-electron chi connectivity index (χ1n) is 7.87. The van der Waals surface area contributed by atoms with Crippen molar-refractivity contribution in [1.82, 2.24) is 0 Å². The van der Waals surface area contributed by atoms with E-state index >= 15 is 0 Å². The minimum Gasteiger partial charge on any atom is -0.508 e. The molecule has 0 aromatic heterocycles. The number of hydrogen-bond donors (Lipinski definition) is 2. The summed E-state index contributed by atoms with van der Waals surface area (Å²) in [5, 5.41) is 19.3. The Morgan fingerprint density at radius 3 is 2.67 bits per heavy atom. The number of phenols is 2. The predicted molar refractivity (Wildman–Crippen MR) is 88.1 cm³/mol. The van der Waals surface area contributed by atoms with Crippen LogP contribution in [0, 0.1) is 11.8 Å². The second kappa shape index (κ2) is 6.83. The van der Waals surface area contributed by atoms with E-state index in [0.29, 0.717) is 25.2 Å². The normalized spacial score (nSPS) is 20.0. The van der Waals surface area contributed by atoms with Gasteiger partial charge in [-0.25, -0.2) is 0 Å². The monoisotopic (exact) mass is 328 g/mol. The average molecular weight is 328 g/mol. The molecule has 0 bridgehead atoms. The lowest BCUT2D eigenvalue weighted by Gasteiger charge is -2.16. The number of rotatable bonds is 5. The van der Waals surface area contributed by atoms with Crippen LogP contribution in [-0.2, 0) is 22.4 Å². The number of ether oxygens (including phenoxy) is 2. The van der Waals surface area contributed by atoms with Gasteiger partial charge in [0.15, 0.2) is 11.5 Å². The lowest BCUT2D eigenvalue weighted by atomic mass is 9.85. The van der Waals surface area contributed by atoms with Crippen molar-refractivity contribution in [2.24, 2.45) is 11.8 Å². The van der Waals surface area contributed by atoms with Gasteiger partial charge < -0.3 is 19.7 Å². The average Bonchev–Trinajstić information content (AvgIpc) is 2.90. The number of carbonyl (C=O) groups is 1. The van der Waals surface area contributed by atoms with Crippen molar-refractivity contribution >= 4 is 5.97 Å². The molecule has 126 valence electrons. The summed E-state index contributed by atoms with van der Waals surface area (Å²) in [7, 11) is 1.49. The molecule has 2 aromatic carbocycles. The van der Waals surface area contributed by atoms with Gasteiger partial charge >= 0.3 is 5.97 Å². The highest BCUT2D eigenvalue weighted by atomic mass is 16.5. The molecular formula is C19H20O5. The lowest BCUT2D eigenvalue weighted by Crippen LogP contribution is -2.20. The second-order valence-electron chi connectivity index (χ2n) is 6.08. The van der Waals surface area contributed by atoms with E-state index in [-0.39, 0.29) is 29.3 Å². The summed E-state index contributed by atoms with van der Waals surface area (Å²) in [5.74, 6) is 0.292. The van der Waals surface area contributed by atoms with Gasteiger partial charge in [-0.1, -0.05) is 18.2 Å². The van der Waals surface area contributed by atoms with Crippen LogP contribution in [0.1, 0.15) is 11.1 Å². The van der Waals surface area contributed by atoms with Crippen LogP contribution in [0.4, 0.5) is 0 Å². The van der Waals surface area contributed by atoms with Gasteiger partial charge in [0.05, 0.1) is 19.6 Å². The topological polar surface area (TPSA) is 76.0 Å². The number of benzene rings is 2.